The summed E-state index contributed by atoms with van der Waals surface area (Å²) in [6, 6.07) is 9.32. The van der Waals surface area contributed by atoms with E-state index in [1.165, 1.54) is 16.9 Å². The Morgan fingerprint density at radius 1 is 1.37 bits per heavy atom. The topological polar surface area (TPSA) is 21.3 Å². The molecular formula is C16H25NOS. The number of rotatable bonds is 7. The van der Waals surface area contributed by atoms with Gasteiger partial charge in [-0.05, 0) is 30.0 Å². The van der Waals surface area contributed by atoms with Crippen molar-refractivity contribution in [2.75, 3.05) is 25.5 Å². The van der Waals surface area contributed by atoms with Gasteiger partial charge in [-0.2, -0.15) is 11.8 Å². The summed E-state index contributed by atoms with van der Waals surface area (Å²) < 4.78 is 5.61. The van der Waals surface area contributed by atoms with Crippen molar-refractivity contribution in [2.24, 2.45) is 5.92 Å². The number of benzene rings is 1. The van der Waals surface area contributed by atoms with Crippen LogP contribution < -0.4 is 5.32 Å². The zero-order valence-corrected chi connectivity index (χ0v) is 12.8. The van der Waals surface area contributed by atoms with Gasteiger partial charge in [0, 0.05) is 30.8 Å². The second-order valence-electron chi connectivity index (χ2n) is 5.54. The molecule has 1 aromatic carbocycles. The lowest BCUT2D eigenvalue weighted by Crippen LogP contribution is -2.28. The third-order valence-electron chi connectivity index (χ3n) is 3.28. The molecule has 0 bridgehead atoms. The quantitative estimate of drug-likeness (QED) is 0.770. The van der Waals surface area contributed by atoms with Crippen LogP contribution in [0, 0.1) is 5.92 Å². The Kier molecular flexibility index (Phi) is 6.21. The third kappa shape index (κ3) is 4.83. The average Bonchev–Trinajstić information content (AvgIpc) is 2.42. The molecule has 0 saturated heterocycles. The van der Waals surface area contributed by atoms with Crippen molar-refractivity contribution >= 4 is 11.8 Å². The van der Waals surface area contributed by atoms with Gasteiger partial charge in [-0.3, -0.25) is 0 Å². The molecule has 2 rings (SSSR count). The van der Waals surface area contributed by atoms with Crippen LogP contribution in [0.4, 0.5) is 0 Å². The van der Waals surface area contributed by atoms with E-state index in [0.29, 0.717) is 12.0 Å². The van der Waals surface area contributed by atoms with Crippen LogP contribution in [0.5, 0.6) is 0 Å². The Hall–Kier alpha value is -0.510. The molecule has 1 heterocycles. The minimum absolute atomic E-state index is 0.514. The van der Waals surface area contributed by atoms with E-state index in [2.05, 4.69) is 43.4 Å². The summed E-state index contributed by atoms with van der Waals surface area (Å²) in [6.45, 7) is 7.16. The van der Waals surface area contributed by atoms with Crippen LogP contribution >= 0.6 is 11.8 Å². The highest BCUT2D eigenvalue weighted by Crippen LogP contribution is 2.31. The summed E-state index contributed by atoms with van der Waals surface area (Å²) in [5.41, 5.74) is 2.98. The van der Waals surface area contributed by atoms with Gasteiger partial charge in [0.05, 0.1) is 0 Å². The molecule has 0 fully saturated rings. The molecule has 1 aliphatic rings. The number of ether oxygens (including phenoxy) is 1. The van der Waals surface area contributed by atoms with E-state index >= 15 is 0 Å². The van der Waals surface area contributed by atoms with E-state index in [9.17, 15) is 0 Å². The molecule has 0 amide bonds. The van der Waals surface area contributed by atoms with Gasteiger partial charge in [0.15, 0.2) is 0 Å². The van der Waals surface area contributed by atoms with Crippen LogP contribution in [0.2, 0.25) is 0 Å². The summed E-state index contributed by atoms with van der Waals surface area (Å²) in [5.74, 6) is 2.98. The zero-order chi connectivity index (χ0) is 13.5. The Labute approximate surface area is 121 Å². The molecule has 19 heavy (non-hydrogen) atoms. The van der Waals surface area contributed by atoms with Crippen molar-refractivity contribution in [3.63, 3.8) is 0 Å². The van der Waals surface area contributed by atoms with Crippen molar-refractivity contribution in [1.82, 2.24) is 5.32 Å². The van der Waals surface area contributed by atoms with Crippen LogP contribution in [0.25, 0.3) is 0 Å². The summed E-state index contributed by atoms with van der Waals surface area (Å²) in [7, 11) is 0. The molecule has 0 spiro atoms. The summed E-state index contributed by atoms with van der Waals surface area (Å²) in [6.07, 6.45) is 1.09. The van der Waals surface area contributed by atoms with Gasteiger partial charge < -0.3 is 10.1 Å². The fourth-order valence-corrected chi connectivity index (χ4v) is 3.45. The van der Waals surface area contributed by atoms with E-state index in [4.69, 9.17) is 4.74 Å². The molecule has 106 valence electrons. The van der Waals surface area contributed by atoms with E-state index in [-0.39, 0.29) is 0 Å². The number of fused-ring (bicyclic) bond motifs is 1. The first-order chi connectivity index (χ1) is 9.27. The van der Waals surface area contributed by atoms with Gasteiger partial charge in [-0.25, -0.2) is 0 Å². The highest BCUT2D eigenvalue weighted by atomic mass is 32.2. The minimum Gasteiger partial charge on any atom is -0.381 e. The Bertz CT molecular complexity index is 381. The summed E-state index contributed by atoms with van der Waals surface area (Å²) in [5, 5.41) is 3.67. The SMILES string of the molecule is CC(C)COCCCNC1CSCc2ccccc21. The third-order valence-corrected chi connectivity index (χ3v) is 4.36. The Balaban J connectivity index is 1.70. The standard InChI is InChI=1S/C16H25NOS/c1-13(2)10-18-9-5-8-17-16-12-19-11-14-6-3-4-7-15(14)16/h3-4,6-7,13,16-17H,5,8-12H2,1-2H3. The molecule has 1 N–H and O–H groups in total. The van der Waals surface area contributed by atoms with Gasteiger partial charge in [0.25, 0.3) is 0 Å². The minimum atomic E-state index is 0.514. The Morgan fingerprint density at radius 3 is 3.05 bits per heavy atom. The van der Waals surface area contributed by atoms with Crippen molar-refractivity contribution in [2.45, 2.75) is 32.1 Å². The van der Waals surface area contributed by atoms with Crippen molar-refractivity contribution in [1.29, 1.82) is 0 Å². The number of thioether (sulfide) groups is 1. The number of hydrogen-bond donors (Lipinski definition) is 1. The highest BCUT2D eigenvalue weighted by Gasteiger charge is 2.18. The van der Waals surface area contributed by atoms with Crippen LogP contribution in [-0.4, -0.2) is 25.5 Å². The van der Waals surface area contributed by atoms with Gasteiger partial charge in [0.2, 0.25) is 0 Å². The highest BCUT2D eigenvalue weighted by molar-refractivity contribution is 7.98. The molecule has 1 unspecified atom stereocenters. The molecule has 0 radical (unpaired) electrons. The van der Waals surface area contributed by atoms with Crippen LogP contribution in [-0.2, 0) is 10.5 Å². The van der Waals surface area contributed by atoms with Gasteiger partial charge in [-0.1, -0.05) is 38.1 Å². The van der Waals surface area contributed by atoms with Gasteiger partial charge >= 0.3 is 0 Å². The van der Waals surface area contributed by atoms with E-state index in [1.807, 2.05) is 11.8 Å². The zero-order valence-electron chi connectivity index (χ0n) is 12.0. The van der Waals surface area contributed by atoms with Crippen LogP contribution in [0.3, 0.4) is 0 Å². The molecule has 1 atom stereocenters. The fourth-order valence-electron chi connectivity index (χ4n) is 2.32. The average molecular weight is 279 g/mol. The maximum atomic E-state index is 5.61. The molecule has 2 nitrogen and oxygen atoms in total. The molecule has 0 aliphatic carbocycles. The smallest absolute Gasteiger partial charge is 0.0489 e. The van der Waals surface area contributed by atoms with Crippen molar-refractivity contribution in [3.05, 3.63) is 35.4 Å². The van der Waals surface area contributed by atoms with Crippen LogP contribution in [0.15, 0.2) is 24.3 Å². The maximum Gasteiger partial charge on any atom is 0.0489 e. The summed E-state index contributed by atoms with van der Waals surface area (Å²) in [4.78, 5) is 0. The Morgan fingerprint density at radius 2 is 2.21 bits per heavy atom. The second kappa shape index (κ2) is 7.93. The fraction of sp³-hybridized carbons (Fsp3) is 0.625. The van der Waals surface area contributed by atoms with E-state index in [1.54, 1.807) is 0 Å². The van der Waals surface area contributed by atoms with Gasteiger partial charge in [-0.15, -0.1) is 0 Å². The number of nitrogens with one attached hydrogen (secondary N) is 1. The molecule has 0 aromatic heterocycles. The first-order valence-electron chi connectivity index (χ1n) is 7.24. The predicted octanol–water partition coefficient (Wildman–Crippen LogP) is 3.63. The van der Waals surface area contributed by atoms with E-state index < -0.39 is 0 Å². The lowest BCUT2D eigenvalue weighted by atomic mass is 10.0. The molecule has 1 aliphatic heterocycles. The molecule has 3 heteroatoms. The van der Waals surface area contributed by atoms with Crippen molar-refractivity contribution in [3.8, 4) is 0 Å². The predicted molar refractivity (Wildman–Crippen MR) is 83.6 cm³/mol. The molecular weight excluding hydrogens is 254 g/mol. The largest absolute Gasteiger partial charge is 0.381 e. The van der Waals surface area contributed by atoms with Gasteiger partial charge in [0.1, 0.15) is 0 Å². The normalized spacial score (nSPS) is 18.6. The van der Waals surface area contributed by atoms with Crippen LogP contribution in [0.1, 0.15) is 37.4 Å². The maximum absolute atomic E-state index is 5.61. The van der Waals surface area contributed by atoms with E-state index in [0.717, 1.165) is 31.9 Å². The lowest BCUT2D eigenvalue weighted by molar-refractivity contribution is 0.107. The monoisotopic (exact) mass is 279 g/mol. The second-order valence-corrected chi connectivity index (χ2v) is 6.57. The first-order valence-corrected chi connectivity index (χ1v) is 8.39. The number of hydrogen-bond acceptors (Lipinski definition) is 3. The van der Waals surface area contributed by atoms with Crippen molar-refractivity contribution < 1.29 is 4.74 Å². The first kappa shape index (κ1) is 14.9. The molecule has 0 saturated carbocycles. The summed E-state index contributed by atoms with van der Waals surface area (Å²) >= 11 is 2.02. The lowest BCUT2D eigenvalue weighted by Gasteiger charge is -2.26. The molecule has 1 aromatic rings.